The molecule has 0 aromatic rings. The summed E-state index contributed by atoms with van der Waals surface area (Å²) in [6.07, 6.45) is 2.31. The number of nitrogens with one attached hydrogen (secondary N) is 1. The molecule has 0 aromatic heterocycles. The lowest BCUT2D eigenvalue weighted by Crippen LogP contribution is -2.44. The van der Waals surface area contributed by atoms with Crippen LogP contribution in [0, 0.1) is 17.8 Å². The van der Waals surface area contributed by atoms with Crippen LogP contribution in [0.3, 0.4) is 0 Å². The molecule has 0 aliphatic heterocycles. The second-order valence-corrected chi connectivity index (χ2v) is 4.76. The normalized spacial score (nSPS) is 27.5. The van der Waals surface area contributed by atoms with Gasteiger partial charge < -0.3 is 5.32 Å². The number of hydrogen-bond acceptors (Lipinski definition) is 1. The van der Waals surface area contributed by atoms with E-state index in [9.17, 15) is 4.79 Å². The highest BCUT2D eigenvalue weighted by Gasteiger charge is 2.37. The maximum Gasteiger partial charge on any atom is 0.223 e. The van der Waals surface area contributed by atoms with Gasteiger partial charge in [0.05, 0.1) is 0 Å². The minimum atomic E-state index is 0.264. The van der Waals surface area contributed by atoms with Gasteiger partial charge in [-0.1, -0.05) is 13.8 Å². The Morgan fingerprint density at radius 2 is 1.85 bits per heavy atom. The third-order valence-electron chi connectivity index (χ3n) is 2.95. The molecule has 13 heavy (non-hydrogen) atoms. The van der Waals surface area contributed by atoms with Crippen LogP contribution < -0.4 is 5.32 Å². The number of amides is 1. The zero-order valence-electron chi connectivity index (χ0n) is 9.13. The Labute approximate surface area is 81.1 Å². The Balaban J connectivity index is 2.40. The highest BCUT2D eigenvalue weighted by molar-refractivity contribution is 5.80. The molecule has 1 aliphatic carbocycles. The van der Waals surface area contributed by atoms with Gasteiger partial charge in [0.2, 0.25) is 5.91 Å². The zero-order chi connectivity index (χ0) is 10.0. The molecule has 0 aromatic carbocycles. The number of carbonyl (C=O) groups excluding carboxylic acids is 1. The maximum atomic E-state index is 11.6. The summed E-state index contributed by atoms with van der Waals surface area (Å²) in [4.78, 5) is 11.6. The van der Waals surface area contributed by atoms with Gasteiger partial charge >= 0.3 is 0 Å². The summed E-state index contributed by atoms with van der Waals surface area (Å²) in [5, 5.41) is 2.99. The molecule has 0 saturated heterocycles. The first kappa shape index (κ1) is 10.6. The quantitative estimate of drug-likeness (QED) is 0.714. The Kier molecular flexibility index (Phi) is 3.34. The van der Waals surface area contributed by atoms with Crippen molar-refractivity contribution in [3.05, 3.63) is 0 Å². The summed E-state index contributed by atoms with van der Waals surface area (Å²) in [5.74, 6) is 1.83. The van der Waals surface area contributed by atoms with E-state index >= 15 is 0 Å². The van der Waals surface area contributed by atoms with E-state index in [1.807, 2.05) is 13.8 Å². The van der Waals surface area contributed by atoms with Gasteiger partial charge in [0.15, 0.2) is 0 Å². The molecule has 0 spiro atoms. The van der Waals surface area contributed by atoms with Gasteiger partial charge in [-0.05, 0) is 38.5 Å². The number of hydrogen-bond donors (Lipinski definition) is 1. The smallest absolute Gasteiger partial charge is 0.223 e. The van der Waals surface area contributed by atoms with Crippen LogP contribution >= 0.6 is 0 Å². The topological polar surface area (TPSA) is 29.1 Å². The molecule has 0 heterocycles. The van der Waals surface area contributed by atoms with Crippen LogP contribution in [0.4, 0.5) is 0 Å². The molecule has 1 aliphatic rings. The van der Waals surface area contributed by atoms with Gasteiger partial charge in [0.1, 0.15) is 0 Å². The Bertz CT molecular complexity index is 187. The lowest BCUT2D eigenvalue weighted by molar-refractivity contribution is -0.131. The molecule has 1 amide bonds. The number of carbonyl (C=O) groups is 1. The first-order valence-electron chi connectivity index (χ1n) is 5.32. The minimum Gasteiger partial charge on any atom is -0.354 e. The van der Waals surface area contributed by atoms with Crippen molar-refractivity contribution in [1.82, 2.24) is 5.32 Å². The summed E-state index contributed by atoms with van der Waals surface area (Å²) in [7, 11) is 0. The SMILES string of the molecule is CC(C)NC(=O)[C@@H]1CC[C@H]1C(C)C. The van der Waals surface area contributed by atoms with E-state index in [4.69, 9.17) is 0 Å². The van der Waals surface area contributed by atoms with Crippen LogP contribution in [0.5, 0.6) is 0 Å². The molecule has 2 heteroatoms. The average molecular weight is 183 g/mol. The first-order valence-corrected chi connectivity index (χ1v) is 5.32. The fourth-order valence-corrected chi connectivity index (χ4v) is 2.04. The highest BCUT2D eigenvalue weighted by Crippen LogP contribution is 2.39. The van der Waals surface area contributed by atoms with E-state index in [0.29, 0.717) is 17.8 Å². The molecule has 2 nitrogen and oxygen atoms in total. The molecular formula is C11H21NO. The van der Waals surface area contributed by atoms with Gasteiger partial charge in [0, 0.05) is 12.0 Å². The molecule has 1 fully saturated rings. The molecular weight excluding hydrogens is 162 g/mol. The van der Waals surface area contributed by atoms with Crippen molar-refractivity contribution >= 4 is 5.91 Å². The van der Waals surface area contributed by atoms with Crippen molar-refractivity contribution < 1.29 is 4.79 Å². The largest absolute Gasteiger partial charge is 0.354 e. The van der Waals surface area contributed by atoms with E-state index in [-0.39, 0.29) is 11.9 Å². The van der Waals surface area contributed by atoms with E-state index in [1.54, 1.807) is 0 Å². The summed E-state index contributed by atoms with van der Waals surface area (Å²) in [6.45, 7) is 8.45. The second kappa shape index (κ2) is 4.12. The van der Waals surface area contributed by atoms with Crippen molar-refractivity contribution in [1.29, 1.82) is 0 Å². The van der Waals surface area contributed by atoms with Crippen LogP contribution in [0.15, 0.2) is 0 Å². The Morgan fingerprint density at radius 1 is 1.23 bits per heavy atom. The Hall–Kier alpha value is -0.530. The second-order valence-electron chi connectivity index (χ2n) is 4.76. The van der Waals surface area contributed by atoms with Crippen molar-refractivity contribution in [3.8, 4) is 0 Å². The van der Waals surface area contributed by atoms with Gasteiger partial charge in [-0.25, -0.2) is 0 Å². The molecule has 1 rings (SSSR count). The van der Waals surface area contributed by atoms with Gasteiger partial charge in [-0.2, -0.15) is 0 Å². The zero-order valence-corrected chi connectivity index (χ0v) is 9.13. The van der Waals surface area contributed by atoms with Gasteiger partial charge in [-0.3, -0.25) is 4.79 Å². The molecule has 1 N–H and O–H groups in total. The molecule has 1 saturated carbocycles. The standard InChI is InChI=1S/C11H21NO/c1-7(2)9-5-6-10(9)11(13)12-8(3)4/h7-10H,5-6H2,1-4H3,(H,12,13)/t9-,10+/m0/s1. The average Bonchev–Trinajstić information content (AvgIpc) is 1.79. The van der Waals surface area contributed by atoms with E-state index < -0.39 is 0 Å². The van der Waals surface area contributed by atoms with E-state index in [2.05, 4.69) is 19.2 Å². The summed E-state index contributed by atoms with van der Waals surface area (Å²) in [6, 6.07) is 0.279. The molecule has 0 radical (unpaired) electrons. The first-order chi connectivity index (χ1) is 6.02. The lowest BCUT2D eigenvalue weighted by atomic mass is 9.67. The summed E-state index contributed by atoms with van der Waals surface area (Å²) >= 11 is 0. The van der Waals surface area contributed by atoms with Gasteiger partial charge in [-0.15, -0.1) is 0 Å². The van der Waals surface area contributed by atoms with Crippen molar-refractivity contribution in [3.63, 3.8) is 0 Å². The van der Waals surface area contributed by atoms with Gasteiger partial charge in [0.25, 0.3) is 0 Å². The fraction of sp³-hybridized carbons (Fsp3) is 0.909. The number of rotatable bonds is 3. The lowest BCUT2D eigenvalue weighted by Gasteiger charge is -2.38. The summed E-state index contributed by atoms with van der Waals surface area (Å²) in [5.41, 5.74) is 0. The summed E-state index contributed by atoms with van der Waals surface area (Å²) < 4.78 is 0. The monoisotopic (exact) mass is 183 g/mol. The molecule has 2 atom stereocenters. The van der Waals surface area contributed by atoms with Crippen LogP contribution in [0.25, 0.3) is 0 Å². The predicted octanol–water partition coefficient (Wildman–Crippen LogP) is 2.19. The molecule has 76 valence electrons. The van der Waals surface area contributed by atoms with Crippen LogP contribution in [-0.4, -0.2) is 11.9 Å². The maximum absolute atomic E-state index is 11.6. The predicted molar refractivity (Wildman–Crippen MR) is 54.3 cm³/mol. The van der Waals surface area contributed by atoms with Crippen LogP contribution in [0.1, 0.15) is 40.5 Å². The van der Waals surface area contributed by atoms with Crippen molar-refractivity contribution in [2.45, 2.75) is 46.6 Å². The van der Waals surface area contributed by atoms with Crippen molar-refractivity contribution in [2.24, 2.45) is 17.8 Å². The third kappa shape index (κ3) is 2.45. The Morgan fingerprint density at radius 3 is 2.15 bits per heavy atom. The molecule has 0 unspecified atom stereocenters. The minimum absolute atomic E-state index is 0.264. The van der Waals surface area contributed by atoms with Crippen LogP contribution in [0.2, 0.25) is 0 Å². The highest BCUT2D eigenvalue weighted by atomic mass is 16.2. The van der Waals surface area contributed by atoms with E-state index in [0.717, 1.165) is 6.42 Å². The third-order valence-corrected chi connectivity index (χ3v) is 2.95. The van der Waals surface area contributed by atoms with E-state index in [1.165, 1.54) is 6.42 Å². The fourth-order valence-electron chi connectivity index (χ4n) is 2.04. The van der Waals surface area contributed by atoms with Crippen molar-refractivity contribution in [2.75, 3.05) is 0 Å². The molecule has 0 bridgehead atoms. The van der Waals surface area contributed by atoms with Crippen LogP contribution in [-0.2, 0) is 4.79 Å².